The van der Waals surface area contributed by atoms with E-state index in [-0.39, 0.29) is 0 Å². The van der Waals surface area contributed by atoms with Crippen molar-refractivity contribution in [2.75, 3.05) is 37.2 Å². The largest absolute Gasteiger partial charge is 0.397 e. The van der Waals surface area contributed by atoms with E-state index in [1.165, 1.54) is 25.9 Å². The molecule has 1 saturated heterocycles. The zero-order valence-electron chi connectivity index (χ0n) is 11.5. The Morgan fingerprint density at radius 1 is 1.42 bits per heavy atom. The fourth-order valence-electron chi connectivity index (χ4n) is 2.54. The maximum atomic E-state index is 8.90. The Hall–Kier alpha value is -1.73. The van der Waals surface area contributed by atoms with Crippen LogP contribution in [-0.2, 0) is 0 Å². The van der Waals surface area contributed by atoms with Gasteiger partial charge in [-0.1, -0.05) is 6.92 Å². The van der Waals surface area contributed by atoms with Crippen LogP contribution in [0.1, 0.15) is 25.3 Å². The second kappa shape index (κ2) is 6.44. The van der Waals surface area contributed by atoms with Crippen molar-refractivity contribution < 1.29 is 0 Å². The number of hydrogen-bond donors (Lipinski definition) is 2. The molecule has 4 nitrogen and oxygen atoms in total. The van der Waals surface area contributed by atoms with Crippen molar-refractivity contribution in [3.05, 3.63) is 23.8 Å². The van der Waals surface area contributed by atoms with Crippen LogP contribution < -0.4 is 11.1 Å². The molecule has 0 saturated carbocycles. The monoisotopic (exact) mass is 258 g/mol. The smallest absolute Gasteiger partial charge is 0.0992 e. The quantitative estimate of drug-likeness (QED) is 0.813. The highest BCUT2D eigenvalue weighted by molar-refractivity contribution is 5.68. The fraction of sp³-hybridized carbons (Fsp3) is 0.533. The molecule has 0 bridgehead atoms. The van der Waals surface area contributed by atoms with Crippen molar-refractivity contribution in [2.45, 2.75) is 19.8 Å². The van der Waals surface area contributed by atoms with Crippen molar-refractivity contribution in [2.24, 2.45) is 5.92 Å². The summed E-state index contributed by atoms with van der Waals surface area (Å²) in [6.45, 7) is 6.69. The van der Waals surface area contributed by atoms with Crippen LogP contribution in [0.5, 0.6) is 0 Å². The third-order valence-electron chi connectivity index (χ3n) is 3.92. The van der Waals surface area contributed by atoms with Gasteiger partial charge in [0.2, 0.25) is 0 Å². The summed E-state index contributed by atoms with van der Waals surface area (Å²) in [5.74, 6) is 0.702. The molecule has 0 aliphatic carbocycles. The second-order valence-electron chi connectivity index (χ2n) is 5.17. The zero-order chi connectivity index (χ0) is 13.7. The number of nitrogens with zero attached hydrogens (tertiary/aromatic N) is 2. The maximum absolute atomic E-state index is 8.90. The summed E-state index contributed by atoms with van der Waals surface area (Å²) in [5.41, 5.74) is 8.17. The van der Waals surface area contributed by atoms with E-state index >= 15 is 0 Å². The number of rotatable bonds is 4. The molecule has 1 aliphatic heterocycles. The predicted molar refractivity (Wildman–Crippen MR) is 78.9 cm³/mol. The summed E-state index contributed by atoms with van der Waals surface area (Å²) in [4.78, 5) is 2.49. The molecule has 2 rings (SSSR count). The van der Waals surface area contributed by atoms with Gasteiger partial charge in [-0.15, -0.1) is 0 Å². The third kappa shape index (κ3) is 3.62. The number of hydrogen-bond acceptors (Lipinski definition) is 4. The topological polar surface area (TPSA) is 65.1 Å². The number of nitrogen functional groups attached to an aromatic ring is 1. The minimum atomic E-state index is 0.650. The Bertz CT molecular complexity index is 456. The highest BCUT2D eigenvalue weighted by Crippen LogP contribution is 2.22. The summed E-state index contributed by atoms with van der Waals surface area (Å²) in [6, 6.07) is 7.52. The number of nitrogens with two attached hydrogens (primary N) is 1. The van der Waals surface area contributed by atoms with Crippen LogP contribution in [0.15, 0.2) is 18.2 Å². The first-order valence-corrected chi connectivity index (χ1v) is 6.98. The van der Waals surface area contributed by atoms with E-state index in [1.54, 1.807) is 12.1 Å². The number of nitriles is 1. The highest BCUT2D eigenvalue weighted by Gasteiger charge is 2.17. The van der Waals surface area contributed by atoms with Crippen LogP contribution in [0.3, 0.4) is 0 Å². The van der Waals surface area contributed by atoms with Gasteiger partial charge in [0.05, 0.1) is 23.0 Å². The fourth-order valence-corrected chi connectivity index (χ4v) is 2.54. The molecule has 0 radical (unpaired) electrons. The lowest BCUT2D eigenvalue weighted by Gasteiger charge is -2.31. The molecule has 0 unspecified atom stereocenters. The van der Waals surface area contributed by atoms with Gasteiger partial charge >= 0.3 is 0 Å². The molecular formula is C15H22N4. The molecule has 1 aromatic rings. The van der Waals surface area contributed by atoms with Gasteiger partial charge in [0.1, 0.15) is 0 Å². The summed E-state index contributed by atoms with van der Waals surface area (Å²) in [6.07, 6.45) is 2.47. The third-order valence-corrected chi connectivity index (χ3v) is 3.92. The highest BCUT2D eigenvalue weighted by atomic mass is 15.1. The molecule has 102 valence electrons. The molecule has 19 heavy (non-hydrogen) atoms. The van der Waals surface area contributed by atoms with E-state index in [4.69, 9.17) is 11.0 Å². The van der Waals surface area contributed by atoms with E-state index in [1.807, 2.05) is 6.07 Å². The number of nitrogens with one attached hydrogen (secondary N) is 1. The summed E-state index contributed by atoms with van der Waals surface area (Å²) in [7, 11) is 0. The van der Waals surface area contributed by atoms with Gasteiger partial charge in [-0.05, 0) is 56.6 Å². The van der Waals surface area contributed by atoms with Gasteiger partial charge < -0.3 is 16.0 Å². The van der Waals surface area contributed by atoms with Crippen molar-refractivity contribution in [3.63, 3.8) is 0 Å². The zero-order valence-corrected chi connectivity index (χ0v) is 11.5. The van der Waals surface area contributed by atoms with Crippen LogP contribution >= 0.6 is 0 Å². The number of piperidine rings is 1. The molecular weight excluding hydrogens is 236 g/mol. The molecule has 1 heterocycles. The molecule has 1 aromatic carbocycles. The van der Waals surface area contributed by atoms with Crippen LogP contribution in [0.25, 0.3) is 0 Å². The summed E-state index contributed by atoms with van der Waals surface area (Å²) < 4.78 is 0. The van der Waals surface area contributed by atoms with Crippen LogP contribution in [-0.4, -0.2) is 31.1 Å². The molecule has 1 fully saturated rings. The van der Waals surface area contributed by atoms with E-state index in [0.717, 1.165) is 18.8 Å². The summed E-state index contributed by atoms with van der Waals surface area (Å²) >= 11 is 0. The first-order chi connectivity index (χ1) is 9.22. The molecule has 0 aromatic heterocycles. The first-order valence-electron chi connectivity index (χ1n) is 6.98. The van der Waals surface area contributed by atoms with Gasteiger partial charge in [0.15, 0.2) is 0 Å². The van der Waals surface area contributed by atoms with E-state index < -0.39 is 0 Å². The van der Waals surface area contributed by atoms with Gasteiger partial charge in [-0.25, -0.2) is 0 Å². The molecule has 4 heteroatoms. The molecule has 0 spiro atoms. The Morgan fingerprint density at radius 2 is 2.16 bits per heavy atom. The van der Waals surface area contributed by atoms with Crippen molar-refractivity contribution in [1.82, 2.24) is 4.90 Å². The second-order valence-corrected chi connectivity index (χ2v) is 5.17. The maximum Gasteiger partial charge on any atom is 0.0992 e. The van der Waals surface area contributed by atoms with Crippen LogP contribution in [0, 0.1) is 17.2 Å². The normalized spacial score (nSPS) is 17.1. The Morgan fingerprint density at radius 3 is 2.79 bits per heavy atom. The minimum absolute atomic E-state index is 0.650. The average Bonchev–Trinajstić information content (AvgIpc) is 2.47. The Labute approximate surface area is 115 Å². The Balaban J connectivity index is 1.87. The van der Waals surface area contributed by atoms with Crippen LogP contribution in [0.4, 0.5) is 11.4 Å². The molecule has 3 N–H and O–H groups in total. The van der Waals surface area contributed by atoms with Gasteiger partial charge in [-0.2, -0.15) is 5.26 Å². The number of anilines is 2. The predicted octanol–water partition coefficient (Wildman–Crippen LogP) is 2.28. The average molecular weight is 258 g/mol. The van der Waals surface area contributed by atoms with E-state index in [0.29, 0.717) is 17.2 Å². The van der Waals surface area contributed by atoms with Crippen molar-refractivity contribution in [1.29, 1.82) is 5.26 Å². The molecule has 1 aliphatic rings. The minimum Gasteiger partial charge on any atom is -0.397 e. The summed E-state index contributed by atoms with van der Waals surface area (Å²) in [5, 5.41) is 12.3. The Kier molecular flexibility index (Phi) is 4.64. The van der Waals surface area contributed by atoms with Crippen LogP contribution in [0.2, 0.25) is 0 Å². The van der Waals surface area contributed by atoms with Crippen molar-refractivity contribution in [3.8, 4) is 6.07 Å². The lowest BCUT2D eigenvalue weighted by atomic mass is 9.96. The van der Waals surface area contributed by atoms with Gasteiger partial charge in [0, 0.05) is 6.54 Å². The van der Waals surface area contributed by atoms with E-state index in [2.05, 4.69) is 23.2 Å². The lowest BCUT2D eigenvalue weighted by Crippen LogP contribution is -2.35. The van der Waals surface area contributed by atoms with E-state index in [9.17, 15) is 0 Å². The SMILES string of the molecule is CCN1CCC(CNc2cc(C#N)ccc2N)CC1. The number of benzene rings is 1. The van der Waals surface area contributed by atoms with Gasteiger partial charge in [-0.3, -0.25) is 0 Å². The standard InChI is InChI=1S/C15H22N4/c1-2-19-7-5-12(6-8-19)11-18-15-9-13(10-16)3-4-14(15)17/h3-4,9,12,18H,2,5-8,11,17H2,1H3. The number of likely N-dealkylation sites (tertiary alicyclic amines) is 1. The van der Waals surface area contributed by atoms with Crippen molar-refractivity contribution >= 4 is 11.4 Å². The lowest BCUT2D eigenvalue weighted by molar-refractivity contribution is 0.198. The molecule has 0 atom stereocenters. The first kappa shape index (κ1) is 13.7. The van der Waals surface area contributed by atoms with Gasteiger partial charge in [0.25, 0.3) is 0 Å². The molecule has 0 amide bonds.